The van der Waals surface area contributed by atoms with E-state index in [1.165, 1.54) is 12.8 Å². The highest BCUT2D eigenvalue weighted by Gasteiger charge is 2.39. The average Bonchev–Trinajstić information content (AvgIpc) is 2.86. The van der Waals surface area contributed by atoms with Crippen LogP contribution in [-0.4, -0.2) is 59.5 Å². The highest BCUT2D eigenvalue weighted by Crippen LogP contribution is 2.34. The molecule has 6 nitrogen and oxygen atoms in total. The maximum absolute atomic E-state index is 6.03. The van der Waals surface area contributed by atoms with Gasteiger partial charge in [-0.3, -0.25) is 9.88 Å². The highest BCUT2D eigenvalue weighted by molar-refractivity contribution is 5.38. The minimum atomic E-state index is 0.149. The molecule has 2 aliphatic rings. The van der Waals surface area contributed by atoms with Crippen molar-refractivity contribution in [2.45, 2.75) is 26.3 Å². The van der Waals surface area contributed by atoms with Crippen LogP contribution in [-0.2, 0) is 11.3 Å². The van der Waals surface area contributed by atoms with Crippen LogP contribution in [0.1, 0.15) is 24.2 Å². The molecule has 2 fully saturated rings. The molecule has 2 aromatic rings. The number of likely N-dealkylation sites (tertiary alicyclic amines) is 1. The average molecular weight is 353 g/mol. The Balaban J connectivity index is 1.49. The van der Waals surface area contributed by atoms with Crippen LogP contribution in [0, 0.1) is 12.3 Å². The molecule has 1 spiro atoms. The van der Waals surface area contributed by atoms with Crippen molar-refractivity contribution >= 4 is 5.82 Å². The van der Waals surface area contributed by atoms with Crippen LogP contribution >= 0.6 is 0 Å². The number of anilines is 1. The van der Waals surface area contributed by atoms with Gasteiger partial charge in [0.15, 0.2) is 5.82 Å². The van der Waals surface area contributed by atoms with Gasteiger partial charge in [-0.05, 0) is 50.6 Å². The number of aromatic nitrogens is 3. The largest absolute Gasteiger partial charge is 0.379 e. The number of rotatable bonds is 3. The first-order chi connectivity index (χ1) is 12.7. The predicted molar refractivity (Wildman–Crippen MR) is 101 cm³/mol. The molecule has 4 heterocycles. The Morgan fingerprint density at radius 3 is 2.88 bits per heavy atom. The summed E-state index contributed by atoms with van der Waals surface area (Å²) in [6.45, 7) is 8.47. The first-order valence-electron chi connectivity index (χ1n) is 9.48. The van der Waals surface area contributed by atoms with E-state index in [2.05, 4.69) is 43.2 Å². The van der Waals surface area contributed by atoms with Gasteiger partial charge < -0.3 is 9.64 Å². The molecule has 0 bridgehead atoms. The molecule has 2 aromatic heterocycles. The van der Waals surface area contributed by atoms with Crippen LogP contribution in [0.5, 0.6) is 0 Å². The molecule has 0 aliphatic carbocycles. The monoisotopic (exact) mass is 353 g/mol. The van der Waals surface area contributed by atoms with Gasteiger partial charge in [0.2, 0.25) is 0 Å². The summed E-state index contributed by atoms with van der Waals surface area (Å²) in [5.74, 6) is 0.960. The van der Waals surface area contributed by atoms with Crippen molar-refractivity contribution < 1.29 is 4.74 Å². The Kier molecular flexibility index (Phi) is 5.13. The predicted octanol–water partition coefficient (Wildman–Crippen LogP) is 2.30. The maximum Gasteiger partial charge on any atom is 0.151 e. The number of hydrogen-bond acceptors (Lipinski definition) is 6. The van der Waals surface area contributed by atoms with Crippen LogP contribution in [0.25, 0.3) is 0 Å². The van der Waals surface area contributed by atoms with E-state index in [1.807, 2.05) is 25.3 Å². The summed E-state index contributed by atoms with van der Waals surface area (Å²) in [5.41, 5.74) is 2.24. The molecule has 1 unspecified atom stereocenters. The number of pyridine rings is 1. The number of nitrogens with zero attached hydrogens (tertiary/aromatic N) is 5. The van der Waals surface area contributed by atoms with Gasteiger partial charge in [-0.1, -0.05) is 6.07 Å². The van der Waals surface area contributed by atoms with Gasteiger partial charge in [0.05, 0.1) is 24.6 Å². The van der Waals surface area contributed by atoms with Gasteiger partial charge in [0, 0.05) is 37.8 Å². The van der Waals surface area contributed by atoms with Gasteiger partial charge >= 0.3 is 0 Å². The van der Waals surface area contributed by atoms with Gasteiger partial charge in [0.25, 0.3) is 0 Å². The molecule has 0 amide bonds. The van der Waals surface area contributed by atoms with E-state index in [-0.39, 0.29) is 5.41 Å². The first kappa shape index (κ1) is 17.4. The van der Waals surface area contributed by atoms with E-state index in [0.717, 1.165) is 63.1 Å². The molecule has 2 saturated heterocycles. The van der Waals surface area contributed by atoms with E-state index >= 15 is 0 Å². The summed E-state index contributed by atoms with van der Waals surface area (Å²) >= 11 is 0. The number of piperidine rings is 1. The number of ether oxygens (including phenoxy) is 1. The molecule has 6 heteroatoms. The molecule has 0 saturated carbocycles. The minimum absolute atomic E-state index is 0.149. The standard InChI is InChI=1S/C20H27N5O/c1-17-6-7-19(23-22-17)25-11-12-26-16-20(15-25)8-4-10-24(14-20)13-18-5-2-3-9-21-18/h2-3,5-7,9H,4,8,10-16H2,1H3. The fourth-order valence-corrected chi connectivity index (χ4v) is 4.16. The topological polar surface area (TPSA) is 54.4 Å². The van der Waals surface area contributed by atoms with Gasteiger partial charge in [-0.25, -0.2) is 0 Å². The molecule has 0 radical (unpaired) electrons. The summed E-state index contributed by atoms with van der Waals surface area (Å²) in [4.78, 5) is 9.37. The summed E-state index contributed by atoms with van der Waals surface area (Å²) in [6.07, 6.45) is 4.27. The van der Waals surface area contributed by atoms with Crippen molar-refractivity contribution in [1.29, 1.82) is 0 Å². The van der Waals surface area contributed by atoms with Crippen LogP contribution in [0.3, 0.4) is 0 Å². The van der Waals surface area contributed by atoms with Crippen molar-refractivity contribution in [2.24, 2.45) is 5.41 Å². The fourth-order valence-electron chi connectivity index (χ4n) is 4.16. The van der Waals surface area contributed by atoms with Crippen LogP contribution < -0.4 is 4.90 Å². The lowest BCUT2D eigenvalue weighted by atomic mass is 9.80. The Labute approximate surface area is 155 Å². The summed E-state index contributed by atoms with van der Waals surface area (Å²) < 4.78 is 6.03. The lowest BCUT2D eigenvalue weighted by Crippen LogP contribution is -2.50. The van der Waals surface area contributed by atoms with E-state index in [0.29, 0.717) is 0 Å². The van der Waals surface area contributed by atoms with Crippen molar-refractivity contribution in [3.8, 4) is 0 Å². The molecule has 4 rings (SSSR count). The molecular formula is C20H27N5O. The Morgan fingerprint density at radius 1 is 1.12 bits per heavy atom. The zero-order valence-corrected chi connectivity index (χ0v) is 15.5. The third-order valence-corrected chi connectivity index (χ3v) is 5.40. The lowest BCUT2D eigenvalue weighted by Gasteiger charge is -2.43. The Morgan fingerprint density at radius 2 is 2.08 bits per heavy atom. The van der Waals surface area contributed by atoms with Crippen molar-refractivity contribution in [3.05, 3.63) is 47.9 Å². The molecule has 1 atom stereocenters. The van der Waals surface area contributed by atoms with Crippen LogP contribution in [0.15, 0.2) is 36.5 Å². The van der Waals surface area contributed by atoms with Gasteiger partial charge in [-0.2, -0.15) is 5.10 Å². The van der Waals surface area contributed by atoms with E-state index in [4.69, 9.17) is 4.74 Å². The first-order valence-corrected chi connectivity index (χ1v) is 9.48. The second-order valence-electron chi connectivity index (χ2n) is 7.64. The highest BCUT2D eigenvalue weighted by atomic mass is 16.5. The smallest absolute Gasteiger partial charge is 0.151 e. The van der Waals surface area contributed by atoms with Gasteiger partial charge in [0.1, 0.15) is 0 Å². The quantitative estimate of drug-likeness (QED) is 0.844. The Hall–Kier alpha value is -2.05. The normalized spacial score (nSPS) is 24.6. The third kappa shape index (κ3) is 4.02. The molecule has 2 aliphatic heterocycles. The van der Waals surface area contributed by atoms with Gasteiger partial charge in [-0.15, -0.1) is 5.10 Å². The van der Waals surface area contributed by atoms with Crippen molar-refractivity contribution in [1.82, 2.24) is 20.1 Å². The molecule has 0 N–H and O–H groups in total. The zero-order valence-electron chi connectivity index (χ0n) is 15.5. The van der Waals surface area contributed by atoms with Crippen LogP contribution in [0.4, 0.5) is 5.82 Å². The summed E-state index contributed by atoms with van der Waals surface area (Å²) in [6, 6.07) is 10.3. The van der Waals surface area contributed by atoms with Crippen molar-refractivity contribution in [3.63, 3.8) is 0 Å². The maximum atomic E-state index is 6.03. The number of aryl methyl sites for hydroxylation is 1. The minimum Gasteiger partial charge on any atom is -0.379 e. The molecular weight excluding hydrogens is 326 g/mol. The summed E-state index contributed by atoms with van der Waals surface area (Å²) in [7, 11) is 0. The zero-order chi connectivity index (χ0) is 17.8. The summed E-state index contributed by atoms with van der Waals surface area (Å²) in [5, 5.41) is 8.64. The molecule has 26 heavy (non-hydrogen) atoms. The SMILES string of the molecule is Cc1ccc(N2CCOCC3(CCCN(Cc4ccccn4)C3)C2)nn1. The van der Waals surface area contributed by atoms with E-state index in [9.17, 15) is 0 Å². The van der Waals surface area contributed by atoms with Crippen molar-refractivity contribution in [2.75, 3.05) is 44.3 Å². The molecule has 0 aromatic carbocycles. The third-order valence-electron chi connectivity index (χ3n) is 5.40. The molecule has 138 valence electrons. The lowest BCUT2D eigenvalue weighted by molar-refractivity contribution is 0.0103. The van der Waals surface area contributed by atoms with Crippen LogP contribution in [0.2, 0.25) is 0 Å². The number of hydrogen-bond donors (Lipinski definition) is 0. The second-order valence-corrected chi connectivity index (χ2v) is 7.64. The van der Waals surface area contributed by atoms with E-state index < -0.39 is 0 Å². The second kappa shape index (κ2) is 7.68. The Bertz CT molecular complexity index is 708. The fraction of sp³-hybridized carbons (Fsp3) is 0.550. The van der Waals surface area contributed by atoms with E-state index in [1.54, 1.807) is 0 Å².